The fraction of sp³-hybridized carbons (Fsp3) is 0.250. The quantitative estimate of drug-likeness (QED) is 0.678. The van der Waals surface area contributed by atoms with Crippen molar-refractivity contribution in [2.45, 2.75) is 25.8 Å². The van der Waals surface area contributed by atoms with Gasteiger partial charge in [0.1, 0.15) is 17.2 Å². The van der Waals surface area contributed by atoms with Crippen LogP contribution in [0.2, 0.25) is 0 Å². The van der Waals surface area contributed by atoms with Crippen LogP contribution in [0.5, 0.6) is 0 Å². The van der Waals surface area contributed by atoms with Gasteiger partial charge in [-0.3, -0.25) is 0 Å². The highest BCUT2D eigenvalue weighted by atomic mass is 35.5. The maximum atomic E-state index is 13.0. The number of halogens is 2. The molecule has 21 heavy (non-hydrogen) atoms. The average Bonchev–Trinajstić information content (AvgIpc) is 2.80. The number of hydrogen-bond acceptors (Lipinski definition) is 2. The number of hydrogen-bond donors (Lipinski definition) is 0. The molecule has 0 N–H and O–H groups in total. The second-order valence-electron chi connectivity index (χ2n) is 5.09. The van der Waals surface area contributed by atoms with E-state index in [0.717, 1.165) is 28.2 Å². The summed E-state index contributed by atoms with van der Waals surface area (Å²) >= 11 is 6.24. The summed E-state index contributed by atoms with van der Waals surface area (Å²) in [7, 11) is 0. The third-order valence-corrected chi connectivity index (χ3v) is 3.57. The van der Waals surface area contributed by atoms with E-state index >= 15 is 0 Å². The van der Waals surface area contributed by atoms with Crippen molar-refractivity contribution in [2.75, 3.05) is 0 Å². The van der Waals surface area contributed by atoms with Crippen LogP contribution in [0.4, 0.5) is 4.39 Å². The molecule has 5 heteroatoms. The van der Waals surface area contributed by atoms with E-state index in [2.05, 4.69) is 9.97 Å². The summed E-state index contributed by atoms with van der Waals surface area (Å²) in [5.41, 5.74) is 3.54. The van der Waals surface area contributed by atoms with Gasteiger partial charge in [-0.15, -0.1) is 11.6 Å². The molecule has 3 aromatic rings. The molecule has 2 aromatic heterocycles. The summed E-state index contributed by atoms with van der Waals surface area (Å²) in [5, 5.41) is -0.222. The first-order chi connectivity index (χ1) is 10.0. The predicted molar refractivity (Wildman–Crippen MR) is 82.0 cm³/mol. The first-order valence-corrected chi connectivity index (χ1v) is 7.20. The fourth-order valence-electron chi connectivity index (χ4n) is 2.35. The molecule has 1 aromatic carbocycles. The van der Waals surface area contributed by atoms with E-state index in [1.165, 1.54) is 12.1 Å². The summed E-state index contributed by atoms with van der Waals surface area (Å²) in [6.45, 7) is 4.40. The van der Waals surface area contributed by atoms with Gasteiger partial charge in [0.15, 0.2) is 5.65 Å². The molecular weight excluding hydrogens is 289 g/mol. The third-order valence-electron chi connectivity index (χ3n) is 3.37. The van der Waals surface area contributed by atoms with Gasteiger partial charge in [0, 0.05) is 5.69 Å². The summed E-state index contributed by atoms with van der Waals surface area (Å²) in [5.74, 6) is 0.531. The Bertz CT molecular complexity index is 778. The largest absolute Gasteiger partial charge is 0.307 e. The molecule has 0 spiro atoms. The number of alkyl halides is 1. The van der Waals surface area contributed by atoms with E-state index in [-0.39, 0.29) is 11.2 Å². The van der Waals surface area contributed by atoms with Crippen molar-refractivity contribution in [1.29, 1.82) is 0 Å². The first kappa shape index (κ1) is 14.0. The molecule has 1 unspecified atom stereocenters. The van der Waals surface area contributed by atoms with Gasteiger partial charge in [-0.05, 0) is 43.7 Å². The Balaban J connectivity index is 2.12. The monoisotopic (exact) mass is 303 g/mol. The Morgan fingerprint density at radius 1 is 1.14 bits per heavy atom. The standard InChI is InChI=1S/C16H15ClFN3/c1-10-3-8-14-16(19-10)21(15(20-14)11(2)17)9-12-4-6-13(18)7-5-12/h3-8,11H,9H2,1-2H3. The van der Waals surface area contributed by atoms with E-state index in [9.17, 15) is 4.39 Å². The summed E-state index contributed by atoms with van der Waals surface area (Å²) in [4.78, 5) is 9.12. The molecule has 0 saturated carbocycles. The molecule has 2 heterocycles. The van der Waals surface area contributed by atoms with Crippen LogP contribution >= 0.6 is 11.6 Å². The van der Waals surface area contributed by atoms with Gasteiger partial charge in [0.05, 0.1) is 11.9 Å². The molecule has 3 nitrogen and oxygen atoms in total. The Kier molecular flexibility index (Phi) is 3.64. The number of pyridine rings is 1. The third kappa shape index (κ3) is 2.76. The lowest BCUT2D eigenvalue weighted by atomic mass is 10.2. The van der Waals surface area contributed by atoms with Gasteiger partial charge in [0.2, 0.25) is 0 Å². The molecule has 3 rings (SSSR count). The maximum Gasteiger partial charge on any atom is 0.160 e. The number of fused-ring (bicyclic) bond motifs is 1. The topological polar surface area (TPSA) is 30.7 Å². The lowest BCUT2D eigenvalue weighted by Gasteiger charge is -2.10. The number of aromatic nitrogens is 3. The molecule has 0 fully saturated rings. The minimum Gasteiger partial charge on any atom is -0.307 e. The van der Waals surface area contributed by atoms with E-state index < -0.39 is 0 Å². The van der Waals surface area contributed by atoms with Crippen molar-refractivity contribution in [3.63, 3.8) is 0 Å². The molecule has 0 aliphatic rings. The lowest BCUT2D eigenvalue weighted by molar-refractivity contribution is 0.626. The SMILES string of the molecule is Cc1ccc2nc(C(C)Cl)n(Cc3ccc(F)cc3)c2n1. The number of imidazole rings is 1. The van der Waals surface area contributed by atoms with Crippen LogP contribution in [0.15, 0.2) is 36.4 Å². The minimum atomic E-state index is -0.242. The number of aryl methyl sites for hydroxylation is 1. The van der Waals surface area contributed by atoms with Crippen LogP contribution in [0.3, 0.4) is 0 Å². The van der Waals surface area contributed by atoms with Crippen LogP contribution in [0.25, 0.3) is 11.2 Å². The Morgan fingerprint density at radius 3 is 2.52 bits per heavy atom. The highest BCUT2D eigenvalue weighted by Gasteiger charge is 2.16. The van der Waals surface area contributed by atoms with Crippen molar-refractivity contribution in [2.24, 2.45) is 0 Å². The highest BCUT2D eigenvalue weighted by Crippen LogP contribution is 2.24. The Labute approximate surface area is 127 Å². The Morgan fingerprint density at radius 2 is 1.86 bits per heavy atom. The van der Waals surface area contributed by atoms with Gasteiger partial charge in [0.25, 0.3) is 0 Å². The van der Waals surface area contributed by atoms with E-state index in [0.29, 0.717) is 6.54 Å². The van der Waals surface area contributed by atoms with Crippen molar-refractivity contribution in [3.05, 3.63) is 59.3 Å². The summed E-state index contributed by atoms with van der Waals surface area (Å²) in [6.07, 6.45) is 0. The highest BCUT2D eigenvalue weighted by molar-refractivity contribution is 6.20. The second kappa shape index (κ2) is 5.45. The number of benzene rings is 1. The molecule has 0 radical (unpaired) electrons. The van der Waals surface area contributed by atoms with Crippen LogP contribution < -0.4 is 0 Å². The zero-order valence-corrected chi connectivity index (χ0v) is 12.6. The van der Waals surface area contributed by atoms with Crippen LogP contribution in [0, 0.1) is 12.7 Å². The fourth-order valence-corrected chi connectivity index (χ4v) is 2.51. The minimum absolute atomic E-state index is 0.222. The summed E-state index contributed by atoms with van der Waals surface area (Å²) in [6, 6.07) is 10.3. The molecule has 0 aliphatic heterocycles. The van der Waals surface area contributed by atoms with Gasteiger partial charge in [-0.1, -0.05) is 12.1 Å². The van der Waals surface area contributed by atoms with Crippen molar-refractivity contribution < 1.29 is 4.39 Å². The second-order valence-corrected chi connectivity index (χ2v) is 5.75. The number of nitrogens with zero attached hydrogens (tertiary/aromatic N) is 3. The van der Waals surface area contributed by atoms with E-state index in [4.69, 9.17) is 11.6 Å². The zero-order chi connectivity index (χ0) is 15.0. The van der Waals surface area contributed by atoms with Crippen molar-refractivity contribution >= 4 is 22.8 Å². The van der Waals surface area contributed by atoms with Crippen LogP contribution in [-0.2, 0) is 6.54 Å². The molecular formula is C16H15ClFN3. The molecule has 0 saturated heterocycles. The molecule has 1 atom stereocenters. The van der Waals surface area contributed by atoms with E-state index in [1.54, 1.807) is 12.1 Å². The normalized spacial score (nSPS) is 12.8. The smallest absolute Gasteiger partial charge is 0.160 e. The first-order valence-electron chi connectivity index (χ1n) is 6.77. The number of rotatable bonds is 3. The average molecular weight is 304 g/mol. The van der Waals surface area contributed by atoms with Crippen LogP contribution in [0.1, 0.15) is 29.4 Å². The lowest BCUT2D eigenvalue weighted by Crippen LogP contribution is -2.06. The molecule has 108 valence electrons. The van der Waals surface area contributed by atoms with Crippen LogP contribution in [-0.4, -0.2) is 14.5 Å². The predicted octanol–water partition coefficient (Wildman–Crippen LogP) is 4.23. The van der Waals surface area contributed by atoms with Gasteiger partial charge in [-0.25, -0.2) is 14.4 Å². The van der Waals surface area contributed by atoms with Gasteiger partial charge in [-0.2, -0.15) is 0 Å². The summed E-state index contributed by atoms with van der Waals surface area (Å²) < 4.78 is 15.0. The van der Waals surface area contributed by atoms with Gasteiger partial charge < -0.3 is 4.57 Å². The van der Waals surface area contributed by atoms with Crippen molar-refractivity contribution in [1.82, 2.24) is 14.5 Å². The zero-order valence-electron chi connectivity index (χ0n) is 11.8. The maximum absolute atomic E-state index is 13.0. The van der Waals surface area contributed by atoms with Crippen molar-refractivity contribution in [3.8, 4) is 0 Å². The molecule has 0 amide bonds. The van der Waals surface area contributed by atoms with E-state index in [1.807, 2.05) is 30.5 Å². The Hall–Kier alpha value is -1.94. The molecule has 0 aliphatic carbocycles. The van der Waals surface area contributed by atoms with Gasteiger partial charge >= 0.3 is 0 Å². The molecule has 0 bridgehead atoms.